The van der Waals surface area contributed by atoms with Gasteiger partial charge in [-0.2, -0.15) is 0 Å². The molecule has 2 aromatic carbocycles. The first kappa shape index (κ1) is 15.7. The van der Waals surface area contributed by atoms with Gasteiger partial charge >= 0.3 is 0 Å². The lowest BCUT2D eigenvalue weighted by Gasteiger charge is -2.18. The van der Waals surface area contributed by atoms with Gasteiger partial charge in [-0.25, -0.2) is 0 Å². The molecule has 0 fully saturated rings. The monoisotopic (exact) mass is 305 g/mol. The summed E-state index contributed by atoms with van der Waals surface area (Å²) >= 11 is 6.05. The molecule has 21 heavy (non-hydrogen) atoms. The molecule has 2 rings (SSSR count). The first-order valence-electron chi connectivity index (χ1n) is 6.88. The molecule has 0 aromatic heterocycles. The van der Waals surface area contributed by atoms with Crippen LogP contribution in [0.2, 0.25) is 5.02 Å². The standard InChI is InChI=1S/C17H20ClNO2/c1-19(9-8-13-6-4-3-5-7-13)12-14-10-15(18)11-16(21-2)17(14)20/h3-7,10-11,20H,8-9,12H2,1-2H3. The highest BCUT2D eigenvalue weighted by atomic mass is 35.5. The maximum Gasteiger partial charge on any atom is 0.162 e. The summed E-state index contributed by atoms with van der Waals surface area (Å²) in [5.74, 6) is 0.572. The van der Waals surface area contributed by atoms with Gasteiger partial charge in [0, 0.05) is 29.7 Å². The summed E-state index contributed by atoms with van der Waals surface area (Å²) in [6, 6.07) is 13.7. The van der Waals surface area contributed by atoms with E-state index in [9.17, 15) is 5.11 Å². The van der Waals surface area contributed by atoms with Gasteiger partial charge in [-0.15, -0.1) is 0 Å². The Kier molecular flexibility index (Phi) is 5.48. The number of phenols is 1. The molecule has 0 aliphatic rings. The fourth-order valence-electron chi connectivity index (χ4n) is 2.24. The number of hydrogen-bond donors (Lipinski definition) is 1. The minimum Gasteiger partial charge on any atom is -0.504 e. The molecule has 0 aliphatic carbocycles. The first-order chi connectivity index (χ1) is 10.1. The molecule has 2 aromatic rings. The number of aromatic hydroxyl groups is 1. The van der Waals surface area contributed by atoms with E-state index in [4.69, 9.17) is 16.3 Å². The Morgan fingerprint density at radius 3 is 2.57 bits per heavy atom. The molecule has 1 N–H and O–H groups in total. The van der Waals surface area contributed by atoms with Gasteiger partial charge in [0.2, 0.25) is 0 Å². The van der Waals surface area contributed by atoms with Crippen LogP contribution in [0.25, 0.3) is 0 Å². The van der Waals surface area contributed by atoms with Crippen molar-refractivity contribution in [3.63, 3.8) is 0 Å². The molecule has 0 heterocycles. The third-order valence-corrected chi connectivity index (χ3v) is 3.62. The molecule has 0 bridgehead atoms. The van der Waals surface area contributed by atoms with Gasteiger partial charge in [0.05, 0.1) is 7.11 Å². The minimum atomic E-state index is 0.161. The second kappa shape index (κ2) is 7.34. The van der Waals surface area contributed by atoms with Crippen LogP contribution < -0.4 is 4.74 Å². The van der Waals surface area contributed by atoms with Crippen LogP contribution in [0.5, 0.6) is 11.5 Å². The summed E-state index contributed by atoms with van der Waals surface area (Å²) in [6.07, 6.45) is 0.968. The molecule has 0 radical (unpaired) electrons. The third kappa shape index (κ3) is 4.38. The van der Waals surface area contributed by atoms with Crippen LogP contribution in [0.15, 0.2) is 42.5 Å². The average molecular weight is 306 g/mol. The van der Waals surface area contributed by atoms with Gasteiger partial charge in [-0.1, -0.05) is 41.9 Å². The lowest BCUT2D eigenvalue weighted by molar-refractivity contribution is 0.318. The quantitative estimate of drug-likeness (QED) is 0.882. The normalized spacial score (nSPS) is 10.9. The van der Waals surface area contributed by atoms with Crippen molar-refractivity contribution in [3.05, 3.63) is 58.6 Å². The number of hydrogen-bond acceptors (Lipinski definition) is 3. The highest BCUT2D eigenvalue weighted by Gasteiger charge is 2.12. The van der Waals surface area contributed by atoms with Crippen molar-refractivity contribution in [3.8, 4) is 11.5 Å². The molecule has 0 amide bonds. The summed E-state index contributed by atoms with van der Waals surface area (Å²) in [7, 11) is 3.55. The largest absolute Gasteiger partial charge is 0.504 e. The van der Waals surface area contributed by atoms with Gasteiger partial charge in [0.25, 0.3) is 0 Å². The molecule has 0 saturated heterocycles. The molecule has 0 spiro atoms. The van der Waals surface area contributed by atoms with E-state index < -0.39 is 0 Å². The Morgan fingerprint density at radius 1 is 1.19 bits per heavy atom. The van der Waals surface area contributed by atoms with Crippen molar-refractivity contribution in [1.29, 1.82) is 0 Å². The van der Waals surface area contributed by atoms with Crippen molar-refractivity contribution in [2.24, 2.45) is 0 Å². The van der Waals surface area contributed by atoms with E-state index in [1.807, 2.05) is 25.2 Å². The zero-order valence-corrected chi connectivity index (χ0v) is 13.1. The summed E-state index contributed by atoms with van der Waals surface area (Å²) < 4.78 is 5.12. The third-order valence-electron chi connectivity index (χ3n) is 3.40. The molecule has 3 nitrogen and oxygen atoms in total. The number of likely N-dealkylation sites (N-methyl/N-ethyl adjacent to an activating group) is 1. The number of methoxy groups -OCH3 is 1. The van der Waals surface area contributed by atoms with Crippen LogP contribution in [0.3, 0.4) is 0 Å². The van der Waals surface area contributed by atoms with Gasteiger partial charge in [0.1, 0.15) is 0 Å². The van der Waals surface area contributed by atoms with Crippen molar-refractivity contribution in [2.45, 2.75) is 13.0 Å². The predicted octanol–water partition coefficient (Wildman–Crippen LogP) is 3.73. The Morgan fingerprint density at radius 2 is 1.90 bits per heavy atom. The van der Waals surface area contributed by atoms with Crippen LogP contribution in [0.1, 0.15) is 11.1 Å². The van der Waals surface area contributed by atoms with E-state index in [-0.39, 0.29) is 5.75 Å². The Balaban J connectivity index is 1.99. The molecule has 0 atom stereocenters. The van der Waals surface area contributed by atoms with Crippen LogP contribution in [-0.2, 0) is 13.0 Å². The molecule has 112 valence electrons. The first-order valence-corrected chi connectivity index (χ1v) is 7.26. The minimum absolute atomic E-state index is 0.161. The van der Waals surface area contributed by atoms with E-state index in [0.717, 1.165) is 18.5 Å². The lowest BCUT2D eigenvalue weighted by atomic mass is 10.1. The van der Waals surface area contributed by atoms with Crippen molar-refractivity contribution in [2.75, 3.05) is 20.7 Å². The van der Waals surface area contributed by atoms with E-state index >= 15 is 0 Å². The molecule has 0 aliphatic heterocycles. The molecule has 0 unspecified atom stereocenters. The molecular formula is C17H20ClNO2. The van der Waals surface area contributed by atoms with Crippen molar-refractivity contribution in [1.82, 2.24) is 4.90 Å². The van der Waals surface area contributed by atoms with E-state index in [0.29, 0.717) is 17.3 Å². The molecule has 0 saturated carbocycles. The maximum absolute atomic E-state index is 10.1. The summed E-state index contributed by atoms with van der Waals surface area (Å²) in [5, 5.41) is 10.7. The Bertz CT molecular complexity index is 587. The zero-order valence-electron chi connectivity index (χ0n) is 12.3. The fraction of sp³-hybridized carbons (Fsp3) is 0.294. The summed E-state index contributed by atoms with van der Waals surface area (Å²) in [4.78, 5) is 2.15. The van der Waals surface area contributed by atoms with Crippen molar-refractivity contribution >= 4 is 11.6 Å². The molecule has 4 heteroatoms. The van der Waals surface area contributed by atoms with E-state index in [1.54, 1.807) is 12.1 Å². The smallest absolute Gasteiger partial charge is 0.162 e. The van der Waals surface area contributed by atoms with Crippen LogP contribution >= 0.6 is 11.6 Å². The Labute approximate surface area is 130 Å². The van der Waals surface area contributed by atoms with Crippen LogP contribution in [-0.4, -0.2) is 30.7 Å². The van der Waals surface area contributed by atoms with E-state index in [2.05, 4.69) is 17.0 Å². The number of halogens is 1. The number of benzene rings is 2. The van der Waals surface area contributed by atoms with Gasteiger partial charge in [-0.3, -0.25) is 0 Å². The number of phenolic OH excluding ortho intramolecular Hbond substituents is 1. The van der Waals surface area contributed by atoms with Gasteiger partial charge in [-0.05, 0) is 25.1 Å². The highest BCUT2D eigenvalue weighted by molar-refractivity contribution is 6.30. The second-order valence-electron chi connectivity index (χ2n) is 5.09. The van der Waals surface area contributed by atoms with Crippen LogP contribution in [0, 0.1) is 0 Å². The summed E-state index contributed by atoms with van der Waals surface area (Å²) in [6.45, 7) is 1.52. The van der Waals surface area contributed by atoms with Gasteiger partial charge in [0.15, 0.2) is 11.5 Å². The number of nitrogens with zero attached hydrogens (tertiary/aromatic N) is 1. The Hall–Kier alpha value is -1.71. The lowest BCUT2D eigenvalue weighted by Crippen LogP contribution is -2.20. The van der Waals surface area contributed by atoms with Gasteiger partial charge < -0.3 is 14.7 Å². The predicted molar refractivity (Wildman–Crippen MR) is 86.1 cm³/mol. The summed E-state index contributed by atoms with van der Waals surface area (Å²) in [5.41, 5.74) is 2.08. The number of rotatable bonds is 6. The van der Waals surface area contributed by atoms with Crippen LogP contribution in [0.4, 0.5) is 0 Å². The molecular weight excluding hydrogens is 286 g/mol. The van der Waals surface area contributed by atoms with E-state index in [1.165, 1.54) is 12.7 Å². The zero-order chi connectivity index (χ0) is 15.2. The topological polar surface area (TPSA) is 32.7 Å². The maximum atomic E-state index is 10.1. The SMILES string of the molecule is COc1cc(Cl)cc(CN(C)CCc2ccccc2)c1O. The highest BCUT2D eigenvalue weighted by Crippen LogP contribution is 2.33. The average Bonchev–Trinajstić information content (AvgIpc) is 2.49. The number of ether oxygens (including phenoxy) is 1. The fourth-order valence-corrected chi connectivity index (χ4v) is 2.47. The second-order valence-corrected chi connectivity index (χ2v) is 5.53. The van der Waals surface area contributed by atoms with Crippen molar-refractivity contribution < 1.29 is 9.84 Å².